The minimum atomic E-state index is -4.63. The van der Waals surface area contributed by atoms with Gasteiger partial charge in [-0.15, -0.1) is 0 Å². The minimum absolute atomic E-state index is 0.0775. The SMILES string of the molecule is CCc1nc(C(F)(F)F)nc2c1ncn2-c1ccncc1OC. The van der Waals surface area contributed by atoms with Crippen molar-refractivity contribution in [1.82, 2.24) is 24.5 Å². The minimum Gasteiger partial charge on any atom is -0.493 e. The predicted octanol–water partition coefficient (Wildman–Crippen LogP) is 2.80. The monoisotopic (exact) mass is 323 g/mol. The molecule has 0 N–H and O–H groups in total. The van der Waals surface area contributed by atoms with E-state index in [2.05, 4.69) is 19.9 Å². The van der Waals surface area contributed by atoms with Gasteiger partial charge in [-0.1, -0.05) is 6.92 Å². The van der Waals surface area contributed by atoms with Crippen molar-refractivity contribution in [3.05, 3.63) is 36.3 Å². The fraction of sp³-hybridized carbons (Fsp3) is 0.286. The number of halogens is 3. The van der Waals surface area contributed by atoms with Gasteiger partial charge < -0.3 is 4.74 Å². The van der Waals surface area contributed by atoms with Gasteiger partial charge in [0.15, 0.2) is 11.4 Å². The lowest BCUT2D eigenvalue weighted by Gasteiger charge is -2.11. The van der Waals surface area contributed by atoms with E-state index in [1.54, 1.807) is 13.0 Å². The van der Waals surface area contributed by atoms with Gasteiger partial charge in [0.25, 0.3) is 0 Å². The molecule has 0 saturated carbocycles. The van der Waals surface area contributed by atoms with E-state index in [4.69, 9.17) is 4.74 Å². The van der Waals surface area contributed by atoms with Crippen LogP contribution in [0.1, 0.15) is 18.4 Å². The van der Waals surface area contributed by atoms with E-state index >= 15 is 0 Å². The molecule has 3 aromatic heterocycles. The van der Waals surface area contributed by atoms with Crippen LogP contribution in [0.25, 0.3) is 16.9 Å². The molecule has 3 rings (SSSR count). The number of aryl methyl sites for hydroxylation is 1. The second-order valence-electron chi connectivity index (χ2n) is 4.68. The van der Waals surface area contributed by atoms with Crippen LogP contribution >= 0.6 is 0 Å². The Labute approximate surface area is 129 Å². The molecule has 0 amide bonds. The number of nitrogens with zero attached hydrogens (tertiary/aromatic N) is 5. The van der Waals surface area contributed by atoms with Gasteiger partial charge >= 0.3 is 6.18 Å². The van der Waals surface area contributed by atoms with E-state index in [1.807, 2.05) is 0 Å². The van der Waals surface area contributed by atoms with E-state index in [9.17, 15) is 13.2 Å². The number of imidazole rings is 1. The first kappa shape index (κ1) is 15.2. The van der Waals surface area contributed by atoms with Crippen molar-refractivity contribution < 1.29 is 17.9 Å². The first-order valence-electron chi connectivity index (χ1n) is 6.75. The maximum atomic E-state index is 13.0. The molecule has 0 fully saturated rings. The highest BCUT2D eigenvalue weighted by molar-refractivity contribution is 5.76. The molecule has 0 bridgehead atoms. The summed E-state index contributed by atoms with van der Waals surface area (Å²) in [6, 6.07) is 1.61. The van der Waals surface area contributed by atoms with Gasteiger partial charge in [-0.05, 0) is 12.5 Å². The Balaban J connectivity index is 2.31. The molecule has 0 atom stereocenters. The number of alkyl halides is 3. The summed E-state index contributed by atoms with van der Waals surface area (Å²) < 4.78 is 45.7. The molecule has 3 heterocycles. The maximum Gasteiger partial charge on any atom is 0.451 e. The van der Waals surface area contributed by atoms with Crippen LogP contribution in [0.15, 0.2) is 24.8 Å². The Morgan fingerprint density at radius 3 is 2.70 bits per heavy atom. The number of hydrogen-bond donors (Lipinski definition) is 0. The smallest absolute Gasteiger partial charge is 0.451 e. The fourth-order valence-corrected chi connectivity index (χ4v) is 2.24. The third kappa shape index (κ3) is 2.58. The number of ether oxygens (including phenoxy) is 1. The van der Waals surface area contributed by atoms with Gasteiger partial charge in [0.2, 0.25) is 5.82 Å². The van der Waals surface area contributed by atoms with Crippen LogP contribution in [0.4, 0.5) is 13.2 Å². The summed E-state index contributed by atoms with van der Waals surface area (Å²) in [6.07, 6.45) is 0.0582. The summed E-state index contributed by atoms with van der Waals surface area (Å²) in [6.45, 7) is 1.72. The fourth-order valence-electron chi connectivity index (χ4n) is 2.24. The Kier molecular flexibility index (Phi) is 3.63. The van der Waals surface area contributed by atoms with E-state index in [-0.39, 0.29) is 11.3 Å². The summed E-state index contributed by atoms with van der Waals surface area (Å²) in [5.74, 6) is -0.784. The number of rotatable bonds is 3. The highest BCUT2D eigenvalue weighted by Crippen LogP contribution is 2.30. The van der Waals surface area contributed by atoms with Gasteiger partial charge in [-0.3, -0.25) is 9.55 Å². The van der Waals surface area contributed by atoms with Crippen molar-refractivity contribution >= 4 is 11.2 Å². The molecule has 3 aromatic rings. The van der Waals surface area contributed by atoms with Crippen molar-refractivity contribution in [2.75, 3.05) is 7.11 Å². The third-order valence-corrected chi connectivity index (χ3v) is 3.30. The first-order chi connectivity index (χ1) is 11.0. The Hall–Kier alpha value is -2.71. The highest BCUT2D eigenvalue weighted by atomic mass is 19.4. The molecule has 120 valence electrons. The van der Waals surface area contributed by atoms with Gasteiger partial charge in [0.1, 0.15) is 11.8 Å². The summed E-state index contributed by atoms with van der Waals surface area (Å²) >= 11 is 0. The number of aromatic nitrogens is 5. The van der Waals surface area contributed by atoms with Crippen LogP contribution < -0.4 is 4.74 Å². The number of hydrogen-bond acceptors (Lipinski definition) is 5. The Morgan fingerprint density at radius 1 is 1.26 bits per heavy atom. The molecule has 0 aromatic carbocycles. The van der Waals surface area contributed by atoms with Crippen molar-refractivity contribution in [3.8, 4) is 11.4 Å². The van der Waals surface area contributed by atoms with Crippen LogP contribution in [-0.2, 0) is 12.6 Å². The molecule has 0 aliphatic rings. The molecule has 0 aliphatic carbocycles. The van der Waals surface area contributed by atoms with Crippen LogP contribution in [-0.4, -0.2) is 31.6 Å². The normalized spacial score (nSPS) is 11.9. The van der Waals surface area contributed by atoms with E-state index in [0.717, 1.165) is 0 Å². The topological polar surface area (TPSA) is 65.7 Å². The van der Waals surface area contributed by atoms with Crippen LogP contribution in [0.2, 0.25) is 0 Å². The summed E-state index contributed by atoms with van der Waals surface area (Å²) in [7, 11) is 1.45. The van der Waals surface area contributed by atoms with E-state index in [1.165, 1.54) is 30.4 Å². The Bertz CT molecular complexity index is 859. The Morgan fingerprint density at radius 2 is 2.04 bits per heavy atom. The molecule has 0 aliphatic heterocycles. The van der Waals surface area contributed by atoms with E-state index in [0.29, 0.717) is 23.4 Å². The number of fused-ring (bicyclic) bond motifs is 1. The largest absolute Gasteiger partial charge is 0.493 e. The summed E-state index contributed by atoms with van der Waals surface area (Å²) in [5.41, 5.74) is 1.15. The van der Waals surface area contributed by atoms with Gasteiger partial charge in [-0.2, -0.15) is 13.2 Å². The van der Waals surface area contributed by atoms with E-state index < -0.39 is 12.0 Å². The lowest BCUT2D eigenvalue weighted by atomic mass is 10.3. The number of pyridine rings is 1. The lowest BCUT2D eigenvalue weighted by Crippen LogP contribution is -2.13. The number of methoxy groups -OCH3 is 1. The molecular weight excluding hydrogens is 311 g/mol. The van der Waals surface area contributed by atoms with Gasteiger partial charge in [0.05, 0.1) is 24.7 Å². The van der Waals surface area contributed by atoms with Crippen molar-refractivity contribution in [1.29, 1.82) is 0 Å². The van der Waals surface area contributed by atoms with Gasteiger partial charge in [0, 0.05) is 6.20 Å². The second kappa shape index (κ2) is 5.49. The molecule has 0 radical (unpaired) electrons. The van der Waals surface area contributed by atoms with Crippen molar-refractivity contribution in [3.63, 3.8) is 0 Å². The molecule has 0 unspecified atom stereocenters. The van der Waals surface area contributed by atoms with Crippen LogP contribution in [0.5, 0.6) is 5.75 Å². The van der Waals surface area contributed by atoms with Crippen LogP contribution in [0.3, 0.4) is 0 Å². The average molecular weight is 323 g/mol. The third-order valence-electron chi connectivity index (χ3n) is 3.30. The molecule has 6 nitrogen and oxygen atoms in total. The predicted molar refractivity (Wildman–Crippen MR) is 75.4 cm³/mol. The molecular formula is C14H12F3N5O. The maximum absolute atomic E-state index is 13.0. The summed E-state index contributed by atoms with van der Waals surface area (Å²) in [5, 5.41) is 0. The van der Waals surface area contributed by atoms with Crippen molar-refractivity contribution in [2.24, 2.45) is 0 Å². The molecule has 0 spiro atoms. The zero-order chi connectivity index (χ0) is 16.6. The zero-order valence-corrected chi connectivity index (χ0v) is 12.3. The van der Waals surface area contributed by atoms with Gasteiger partial charge in [-0.25, -0.2) is 15.0 Å². The average Bonchev–Trinajstić information content (AvgIpc) is 2.96. The quantitative estimate of drug-likeness (QED) is 0.741. The first-order valence-corrected chi connectivity index (χ1v) is 6.75. The second-order valence-corrected chi connectivity index (χ2v) is 4.68. The molecule has 9 heteroatoms. The van der Waals surface area contributed by atoms with Crippen molar-refractivity contribution in [2.45, 2.75) is 19.5 Å². The van der Waals surface area contributed by atoms with Crippen LogP contribution in [0, 0.1) is 0 Å². The standard InChI is InChI=1S/C14H12F3N5O/c1-3-8-11-12(21-13(20-8)14(15,16)17)22(7-19-11)9-4-5-18-6-10(9)23-2/h4-7H,3H2,1-2H3. The zero-order valence-electron chi connectivity index (χ0n) is 12.3. The lowest BCUT2D eigenvalue weighted by molar-refractivity contribution is -0.144. The summed E-state index contributed by atoms with van der Waals surface area (Å²) in [4.78, 5) is 15.3. The molecule has 23 heavy (non-hydrogen) atoms. The molecule has 0 saturated heterocycles. The highest BCUT2D eigenvalue weighted by Gasteiger charge is 2.36.